The molecule has 0 aromatic rings. The molecule has 0 amide bonds. The highest BCUT2D eigenvalue weighted by atomic mass is 31.2. The third-order valence-electron chi connectivity index (χ3n) is 4.93. The maximum atomic E-state index is 11.7. The zero-order chi connectivity index (χ0) is 25.3. The van der Waals surface area contributed by atoms with Crippen molar-refractivity contribution in [1.82, 2.24) is 0 Å². The zero-order valence-corrected chi connectivity index (χ0v) is 22.2. The van der Waals surface area contributed by atoms with Gasteiger partial charge in [-0.2, -0.15) is 0 Å². The third kappa shape index (κ3) is 22.8. The Bertz CT molecular complexity index is 584. The second-order valence-electron chi connectivity index (χ2n) is 8.16. The molecule has 0 heterocycles. The molecule has 2 unspecified atom stereocenters. The van der Waals surface area contributed by atoms with E-state index in [2.05, 4.69) is 35.8 Å². The molecular weight excluding hydrogens is 457 g/mol. The molecule has 8 nitrogen and oxygen atoms in total. The van der Waals surface area contributed by atoms with Gasteiger partial charge in [-0.05, 0) is 32.1 Å². The number of nitrogens with two attached hydrogens (primary N) is 1. The van der Waals surface area contributed by atoms with E-state index in [1.807, 2.05) is 0 Å². The summed E-state index contributed by atoms with van der Waals surface area (Å²) in [6, 6.07) is 0. The van der Waals surface area contributed by atoms with Crippen LogP contribution in [0.4, 0.5) is 0 Å². The number of rotatable bonds is 24. The molecule has 0 saturated carbocycles. The molecule has 0 aromatic heterocycles. The number of esters is 1. The largest absolute Gasteiger partial charge is 0.472 e. The molecule has 200 valence electrons. The third-order valence-corrected chi connectivity index (χ3v) is 5.91. The number of phosphoric ester groups is 1. The molecule has 34 heavy (non-hydrogen) atoms. The average molecular weight is 506 g/mol. The van der Waals surface area contributed by atoms with Crippen LogP contribution < -0.4 is 5.73 Å². The summed E-state index contributed by atoms with van der Waals surface area (Å²) in [6.45, 7) is 4.24. The van der Waals surface area contributed by atoms with Crippen molar-refractivity contribution >= 4 is 13.8 Å². The van der Waals surface area contributed by atoms with Crippen LogP contribution in [0.15, 0.2) is 24.3 Å². The minimum absolute atomic E-state index is 0.0966. The van der Waals surface area contributed by atoms with Crippen LogP contribution in [-0.2, 0) is 27.9 Å². The summed E-state index contributed by atoms with van der Waals surface area (Å²) in [7, 11) is -4.23. The van der Waals surface area contributed by atoms with E-state index in [-0.39, 0.29) is 32.8 Å². The SMILES string of the molecule is CCCC/C=C\C/C=C\CCCCCCCCOCC(COP(=O)(O)OCCN)OC(=O)CC. The molecule has 0 aromatic carbocycles. The topological polar surface area (TPSA) is 117 Å². The van der Waals surface area contributed by atoms with Crippen LogP contribution in [0.5, 0.6) is 0 Å². The molecule has 0 fully saturated rings. The lowest BCUT2D eigenvalue weighted by Crippen LogP contribution is -2.28. The average Bonchev–Trinajstić information content (AvgIpc) is 2.82. The van der Waals surface area contributed by atoms with E-state index in [1.54, 1.807) is 6.92 Å². The van der Waals surface area contributed by atoms with Gasteiger partial charge in [-0.15, -0.1) is 0 Å². The summed E-state index contributed by atoms with van der Waals surface area (Å²) in [4.78, 5) is 21.2. The lowest BCUT2D eigenvalue weighted by molar-refractivity contribution is -0.154. The van der Waals surface area contributed by atoms with E-state index < -0.39 is 19.9 Å². The van der Waals surface area contributed by atoms with Crippen LogP contribution in [0.3, 0.4) is 0 Å². The first-order valence-corrected chi connectivity index (χ1v) is 14.3. The van der Waals surface area contributed by atoms with E-state index in [1.165, 1.54) is 38.5 Å². The van der Waals surface area contributed by atoms with Gasteiger partial charge in [0, 0.05) is 19.6 Å². The summed E-state index contributed by atoms with van der Waals surface area (Å²) in [5.41, 5.74) is 5.25. The molecule has 0 radical (unpaired) electrons. The minimum atomic E-state index is -4.23. The fourth-order valence-electron chi connectivity index (χ4n) is 2.98. The number of hydrogen-bond donors (Lipinski definition) is 2. The van der Waals surface area contributed by atoms with Crippen molar-refractivity contribution in [2.24, 2.45) is 5.73 Å². The van der Waals surface area contributed by atoms with E-state index in [4.69, 9.17) is 19.7 Å². The first-order chi connectivity index (χ1) is 16.4. The number of hydrogen-bond acceptors (Lipinski definition) is 7. The fourth-order valence-corrected chi connectivity index (χ4v) is 3.75. The van der Waals surface area contributed by atoms with Crippen LogP contribution in [0.25, 0.3) is 0 Å². The van der Waals surface area contributed by atoms with Gasteiger partial charge in [0.1, 0.15) is 6.10 Å². The summed E-state index contributed by atoms with van der Waals surface area (Å²) >= 11 is 0. The van der Waals surface area contributed by atoms with Crippen LogP contribution in [0, 0.1) is 0 Å². The van der Waals surface area contributed by atoms with Gasteiger partial charge in [0.15, 0.2) is 0 Å². The second kappa shape index (κ2) is 23.7. The Hall–Kier alpha value is -1.02. The van der Waals surface area contributed by atoms with Gasteiger partial charge in [-0.25, -0.2) is 4.57 Å². The molecule has 0 aliphatic carbocycles. The Morgan fingerprint density at radius 1 is 0.882 bits per heavy atom. The number of unbranched alkanes of at least 4 members (excludes halogenated alkanes) is 8. The maximum absolute atomic E-state index is 11.7. The van der Waals surface area contributed by atoms with E-state index in [0.29, 0.717) is 6.61 Å². The Morgan fingerprint density at radius 2 is 1.53 bits per heavy atom. The first-order valence-electron chi connectivity index (χ1n) is 12.8. The molecule has 0 aliphatic rings. The molecule has 0 aliphatic heterocycles. The van der Waals surface area contributed by atoms with Crippen LogP contribution in [0.1, 0.15) is 90.9 Å². The van der Waals surface area contributed by atoms with Crippen molar-refractivity contribution in [1.29, 1.82) is 0 Å². The van der Waals surface area contributed by atoms with Crippen molar-refractivity contribution in [3.05, 3.63) is 24.3 Å². The zero-order valence-electron chi connectivity index (χ0n) is 21.3. The van der Waals surface area contributed by atoms with Crippen molar-refractivity contribution < 1.29 is 32.8 Å². The summed E-state index contributed by atoms with van der Waals surface area (Å²) in [6.07, 6.45) is 21.2. The minimum Gasteiger partial charge on any atom is -0.457 e. The summed E-state index contributed by atoms with van der Waals surface area (Å²) in [5, 5.41) is 0. The fraction of sp³-hybridized carbons (Fsp3) is 0.800. The van der Waals surface area contributed by atoms with Crippen LogP contribution in [0.2, 0.25) is 0 Å². The van der Waals surface area contributed by atoms with E-state index in [0.717, 1.165) is 32.1 Å². The number of carbonyl (C=O) groups is 1. The Kier molecular flexibility index (Phi) is 23.0. The normalized spacial score (nSPS) is 14.6. The lowest BCUT2D eigenvalue weighted by Gasteiger charge is -2.19. The predicted octanol–water partition coefficient (Wildman–Crippen LogP) is 5.84. The van der Waals surface area contributed by atoms with E-state index >= 15 is 0 Å². The Balaban J connectivity index is 3.80. The molecule has 9 heteroatoms. The monoisotopic (exact) mass is 505 g/mol. The van der Waals surface area contributed by atoms with Crippen molar-refractivity contribution in [3.63, 3.8) is 0 Å². The van der Waals surface area contributed by atoms with Crippen LogP contribution >= 0.6 is 7.82 Å². The summed E-state index contributed by atoms with van der Waals surface area (Å²) < 4.78 is 32.1. The molecule has 3 N–H and O–H groups in total. The van der Waals surface area contributed by atoms with Crippen molar-refractivity contribution in [2.75, 3.05) is 33.0 Å². The number of allylic oxidation sites excluding steroid dienone is 4. The smallest absolute Gasteiger partial charge is 0.457 e. The highest BCUT2D eigenvalue weighted by molar-refractivity contribution is 7.47. The van der Waals surface area contributed by atoms with Crippen molar-refractivity contribution in [2.45, 2.75) is 97.0 Å². The molecule has 0 saturated heterocycles. The highest BCUT2D eigenvalue weighted by Crippen LogP contribution is 2.43. The van der Waals surface area contributed by atoms with Gasteiger partial charge in [-0.1, -0.05) is 76.7 Å². The quantitative estimate of drug-likeness (QED) is 0.0727. The van der Waals surface area contributed by atoms with Gasteiger partial charge in [0.05, 0.1) is 19.8 Å². The highest BCUT2D eigenvalue weighted by Gasteiger charge is 2.24. The standard InChI is InChI=1S/C25H48NO7P/c1-3-5-6-7-8-9-10-11-12-13-14-15-16-17-18-20-30-22-24(33-25(27)4-2)23-32-34(28,29)31-21-19-26/h7-8,10-11,24H,3-6,9,12-23,26H2,1-2H3,(H,28,29)/b8-7-,11-10-. The molecule has 0 bridgehead atoms. The number of ether oxygens (including phenoxy) is 2. The van der Waals surface area contributed by atoms with Crippen LogP contribution in [-0.4, -0.2) is 49.9 Å². The van der Waals surface area contributed by atoms with Gasteiger partial charge in [0.25, 0.3) is 0 Å². The first kappa shape index (κ1) is 33.0. The number of carbonyl (C=O) groups excluding carboxylic acids is 1. The summed E-state index contributed by atoms with van der Waals surface area (Å²) in [5.74, 6) is -0.425. The Morgan fingerprint density at radius 3 is 2.18 bits per heavy atom. The molecule has 0 rings (SSSR count). The lowest BCUT2D eigenvalue weighted by atomic mass is 10.1. The molecule has 0 spiro atoms. The predicted molar refractivity (Wildman–Crippen MR) is 137 cm³/mol. The molecular formula is C25H48NO7P. The van der Waals surface area contributed by atoms with Gasteiger partial charge < -0.3 is 20.1 Å². The second-order valence-corrected chi connectivity index (χ2v) is 9.61. The van der Waals surface area contributed by atoms with Gasteiger partial charge in [0.2, 0.25) is 0 Å². The van der Waals surface area contributed by atoms with Gasteiger partial charge in [-0.3, -0.25) is 13.8 Å². The number of phosphoric acid groups is 1. The Labute approximate surface area is 206 Å². The van der Waals surface area contributed by atoms with Gasteiger partial charge >= 0.3 is 13.8 Å². The van der Waals surface area contributed by atoms with Crippen molar-refractivity contribution in [3.8, 4) is 0 Å². The molecule has 2 atom stereocenters. The maximum Gasteiger partial charge on any atom is 0.472 e. The van der Waals surface area contributed by atoms with E-state index in [9.17, 15) is 14.3 Å².